The van der Waals surface area contributed by atoms with Crippen molar-refractivity contribution >= 4 is 22.8 Å². The fraction of sp³-hybridized carbons (Fsp3) is 0.333. The molecule has 3 aromatic rings. The Morgan fingerprint density at radius 1 is 1.31 bits per heavy atom. The Bertz CT molecular complexity index is 1380. The van der Waals surface area contributed by atoms with Crippen molar-refractivity contribution in [2.24, 2.45) is 5.73 Å². The molecule has 0 radical (unpaired) electrons. The van der Waals surface area contributed by atoms with Crippen LogP contribution in [-0.2, 0) is 17.8 Å². The lowest BCUT2D eigenvalue weighted by atomic mass is 10.0. The number of rotatable bonds is 6. The van der Waals surface area contributed by atoms with E-state index in [-0.39, 0.29) is 42.1 Å². The Morgan fingerprint density at radius 2 is 2.00 bits per heavy atom. The number of nitrogens with zero attached hydrogens (tertiary/aromatic N) is 2. The second kappa shape index (κ2) is 8.99. The fourth-order valence-corrected chi connectivity index (χ4v) is 3.90. The molecule has 1 aliphatic heterocycles. The topological polar surface area (TPSA) is 149 Å². The normalized spacial score (nSPS) is 14.9. The molecule has 4 rings (SSSR count). The zero-order valence-electron chi connectivity index (χ0n) is 19.5. The van der Waals surface area contributed by atoms with Crippen LogP contribution in [0.3, 0.4) is 0 Å². The Morgan fingerprint density at radius 3 is 2.63 bits per heavy atom. The first kappa shape index (κ1) is 24.1. The molecule has 0 unspecified atom stereocenters. The fourth-order valence-electron chi connectivity index (χ4n) is 3.90. The van der Waals surface area contributed by atoms with Gasteiger partial charge in [-0.05, 0) is 31.5 Å². The average molecular weight is 484 g/mol. The maximum atomic E-state index is 13.4. The Kier molecular flexibility index (Phi) is 6.20. The second-order valence-corrected chi connectivity index (χ2v) is 9.14. The molecular weight excluding hydrogens is 457 g/mol. The molecule has 0 bridgehead atoms. The Labute approximate surface area is 199 Å². The first-order chi connectivity index (χ1) is 16.5. The van der Waals surface area contributed by atoms with Gasteiger partial charge in [0.05, 0.1) is 6.54 Å². The van der Waals surface area contributed by atoms with Crippen molar-refractivity contribution in [3.63, 3.8) is 0 Å². The average Bonchev–Trinajstić information content (AvgIpc) is 2.82. The van der Waals surface area contributed by atoms with E-state index >= 15 is 0 Å². The van der Waals surface area contributed by atoms with Gasteiger partial charge >= 0.3 is 0 Å². The number of nitrogens with one attached hydrogen (secondary N) is 2. The number of amides is 2. The number of aromatic hydroxyl groups is 1. The largest absolute Gasteiger partial charge is 0.505 e. The summed E-state index contributed by atoms with van der Waals surface area (Å²) in [5, 5.41) is 15.8. The van der Waals surface area contributed by atoms with Gasteiger partial charge in [0.1, 0.15) is 22.4 Å². The number of benzene rings is 1. The number of carbonyl (C=O) groups is 2. The highest BCUT2D eigenvalue weighted by atomic mass is 19.1. The zero-order chi connectivity index (χ0) is 25.5. The van der Waals surface area contributed by atoms with Crippen LogP contribution in [-0.4, -0.2) is 51.7 Å². The van der Waals surface area contributed by atoms with E-state index in [1.54, 1.807) is 26.0 Å². The molecule has 1 aromatic carbocycles. The van der Waals surface area contributed by atoms with Crippen molar-refractivity contribution in [1.82, 2.24) is 20.2 Å². The van der Waals surface area contributed by atoms with Gasteiger partial charge in [-0.2, -0.15) is 0 Å². The lowest BCUT2D eigenvalue weighted by Gasteiger charge is -2.30. The van der Waals surface area contributed by atoms with Crippen LogP contribution in [0.1, 0.15) is 35.3 Å². The van der Waals surface area contributed by atoms with E-state index in [4.69, 9.17) is 10.5 Å². The van der Waals surface area contributed by atoms with Crippen LogP contribution in [0.15, 0.2) is 35.3 Å². The SMILES string of the molecule is CNC(=O)c1c(O)c2ncc(Cc3ccc(F)cc3)c3c2n(c1=O)C[C@@H](C(=O)NCC(C)(C)N)O3. The van der Waals surface area contributed by atoms with Gasteiger partial charge in [0, 0.05) is 37.3 Å². The maximum absolute atomic E-state index is 13.4. The molecule has 0 aliphatic carbocycles. The molecule has 35 heavy (non-hydrogen) atoms. The van der Waals surface area contributed by atoms with Crippen molar-refractivity contribution in [2.45, 2.75) is 38.5 Å². The third-order valence-electron chi connectivity index (χ3n) is 5.65. The smallest absolute Gasteiger partial charge is 0.268 e. The summed E-state index contributed by atoms with van der Waals surface area (Å²) >= 11 is 0. The predicted molar refractivity (Wildman–Crippen MR) is 126 cm³/mol. The number of nitrogens with two attached hydrogens (primary N) is 1. The number of aromatic nitrogens is 2. The summed E-state index contributed by atoms with van der Waals surface area (Å²) < 4.78 is 20.6. The maximum Gasteiger partial charge on any atom is 0.268 e. The highest BCUT2D eigenvalue weighted by molar-refractivity contribution is 6.02. The van der Waals surface area contributed by atoms with Crippen molar-refractivity contribution < 1.29 is 23.8 Å². The monoisotopic (exact) mass is 483 g/mol. The molecule has 2 amide bonds. The van der Waals surface area contributed by atoms with Gasteiger partial charge in [-0.1, -0.05) is 12.1 Å². The van der Waals surface area contributed by atoms with Crippen LogP contribution in [0.5, 0.6) is 11.5 Å². The summed E-state index contributed by atoms with van der Waals surface area (Å²) in [4.78, 5) is 42.9. The van der Waals surface area contributed by atoms with Crippen molar-refractivity contribution in [2.75, 3.05) is 13.6 Å². The van der Waals surface area contributed by atoms with Crippen LogP contribution in [0.4, 0.5) is 4.39 Å². The molecule has 5 N–H and O–H groups in total. The van der Waals surface area contributed by atoms with Gasteiger partial charge in [-0.15, -0.1) is 0 Å². The number of hydrogen-bond acceptors (Lipinski definition) is 7. The van der Waals surface area contributed by atoms with Crippen LogP contribution in [0.2, 0.25) is 0 Å². The van der Waals surface area contributed by atoms with Crippen LogP contribution in [0.25, 0.3) is 11.0 Å². The minimum absolute atomic E-state index is 0.0111. The Hall–Kier alpha value is -3.99. The van der Waals surface area contributed by atoms with Gasteiger partial charge in [0.2, 0.25) is 0 Å². The van der Waals surface area contributed by atoms with Gasteiger partial charge in [0.15, 0.2) is 17.6 Å². The van der Waals surface area contributed by atoms with Crippen LogP contribution >= 0.6 is 0 Å². The highest BCUT2D eigenvalue weighted by Crippen LogP contribution is 2.37. The molecule has 0 saturated carbocycles. The molecule has 2 aromatic heterocycles. The molecule has 0 saturated heterocycles. The van der Waals surface area contributed by atoms with Gasteiger partial charge in [0.25, 0.3) is 17.4 Å². The first-order valence-electron chi connectivity index (χ1n) is 11.0. The van der Waals surface area contributed by atoms with Crippen molar-refractivity contribution in [3.8, 4) is 11.5 Å². The van der Waals surface area contributed by atoms with E-state index < -0.39 is 40.3 Å². The number of hydrogen-bond donors (Lipinski definition) is 4. The minimum atomic E-state index is -1.11. The lowest BCUT2D eigenvalue weighted by molar-refractivity contribution is -0.129. The van der Waals surface area contributed by atoms with Gasteiger partial charge < -0.3 is 26.2 Å². The molecule has 1 aliphatic rings. The standard InChI is InChI=1S/C24H26FN5O5/c1-24(2,26)11-29-21(32)15-10-30-18-17(19(31)16(23(30)34)22(33)27-3)28-9-13(20(18)35-15)8-12-4-6-14(25)7-5-12/h4-7,9,15,31H,8,10-11,26H2,1-3H3,(H,27,33)(H,29,32)/t15-/m0/s1. The van der Waals surface area contributed by atoms with Crippen molar-refractivity contribution in [1.29, 1.82) is 0 Å². The first-order valence-corrected chi connectivity index (χ1v) is 11.0. The molecule has 3 heterocycles. The van der Waals surface area contributed by atoms with E-state index in [0.29, 0.717) is 5.56 Å². The summed E-state index contributed by atoms with van der Waals surface area (Å²) in [5.41, 5.74) is 5.45. The minimum Gasteiger partial charge on any atom is -0.505 e. The third-order valence-corrected chi connectivity index (χ3v) is 5.65. The summed E-state index contributed by atoms with van der Waals surface area (Å²) in [6, 6.07) is 5.83. The zero-order valence-corrected chi connectivity index (χ0v) is 19.5. The lowest BCUT2D eigenvalue weighted by Crippen LogP contribution is -2.51. The Balaban J connectivity index is 1.86. The van der Waals surface area contributed by atoms with Crippen LogP contribution in [0, 0.1) is 5.82 Å². The van der Waals surface area contributed by atoms with E-state index in [1.807, 2.05) is 0 Å². The van der Waals surface area contributed by atoms with Gasteiger partial charge in [-0.25, -0.2) is 4.39 Å². The van der Waals surface area contributed by atoms with E-state index in [0.717, 1.165) is 5.56 Å². The summed E-state index contributed by atoms with van der Waals surface area (Å²) in [6.45, 7) is 3.46. The predicted octanol–water partition coefficient (Wildman–Crippen LogP) is 0.806. The number of pyridine rings is 2. The molecule has 0 fully saturated rings. The van der Waals surface area contributed by atoms with E-state index in [2.05, 4.69) is 15.6 Å². The quantitative estimate of drug-likeness (QED) is 0.405. The molecule has 1 atom stereocenters. The van der Waals surface area contributed by atoms with Gasteiger partial charge in [-0.3, -0.25) is 23.9 Å². The van der Waals surface area contributed by atoms with Crippen molar-refractivity contribution in [3.05, 3.63) is 63.3 Å². The highest BCUT2D eigenvalue weighted by Gasteiger charge is 2.34. The number of ether oxygens (including phenoxy) is 1. The third kappa shape index (κ3) is 4.67. The summed E-state index contributed by atoms with van der Waals surface area (Å²) in [7, 11) is 1.33. The molecule has 10 nitrogen and oxygen atoms in total. The molecular formula is C24H26FN5O5. The number of carbonyl (C=O) groups excluding carboxylic acids is 2. The van der Waals surface area contributed by atoms with E-state index in [1.165, 1.54) is 29.9 Å². The molecule has 11 heteroatoms. The molecule has 184 valence electrons. The summed E-state index contributed by atoms with van der Waals surface area (Å²) in [6.07, 6.45) is 0.587. The van der Waals surface area contributed by atoms with E-state index in [9.17, 15) is 23.9 Å². The van der Waals surface area contributed by atoms with Crippen LogP contribution < -0.4 is 26.7 Å². The molecule has 0 spiro atoms. The number of halogens is 1. The summed E-state index contributed by atoms with van der Waals surface area (Å²) in [5.74, 6) is -2.06. The second-order valence-electron chi connectivity index (χ2n) is 9.14.